The molecule has 110 valence electrons. The summed E-state index contributed by atoms with van der Waals surface area (Å²) in [7, 11) is 0. The topological polar surface area (TPSA) is 78.9 Å². The summed E-state index contributed by atoms with van der Waals surface area (Å²) in [6, 6.07) is 0. The van der Waals surface area contributed by atoms with Gasteiger partial charge in [-0.15, -0.1) is 0 Å². The highest BCUT2D eigenvalue weighted by Gasteiger charge is 2.56. The fraction of sp³-hybridized carbons (Fsp3) is 0.727. The van der Waals surface area contributed by atoms with Gasteiger partial charge >= 0.3 is 17.9 Å². The van der Waals surface area contributed by atoms with E-state index in [-0.39, 0.29) is 19.8 Å². The van der Waals surface area contributed by atoms with Crippen molar-refractivity contribution >= 4 is 49.8 Å². The predicted molar refractivity (Wildman–Crippen MR) is 74.3 cm³/mol. The Morgan fingerprint density at radius 1 is 0.947 bits per heavy atom. The van der Waals surface area contributed by atoms with Crippen LogP contribution in [0.3, 0.4) is 0 Å². The lowest BCUT2D eigenvalue weighted by molar-refractivity contribution is -0.162. The van der Waals surface area contributed by atoms with Crippen LogP contribution in [0.4, 0.5) is 0 Å². The van der Waals surface area contributed by atoms with Crippen molar-refractivity contribution < 1.29 is 28.6 Å². The van der Waals surface area contributed by atoms with Gasteiger partial charge in [-0.25, -0.2) is 9.59 Å². The molecule has 0 heterocycles. The Morgan fingerprint density at radius 2 is 1.32 bits per heavy atom. The number of ether oxygens (including phenoxy) is 3. The maximum absolute atomic E-state index is 11.9. The van der Waals surface area contributed by atoms with Crippen LogP contribution in [0.1, 0.15) is 20.8 Å². The molecule has 0 fully saturated rings. The highest BCUT2D eigenvalue weighted by Crippen LogP contribution is 2.32. The molecule has 0 saturated heterocycles. The number of hydrogen-bond donors (Lipinski definition) is 0. The van der Waals surface area contributed by atoms with Crippen molar-refractivity contribution in [3.05, 3.63) is 0 Å². The molecule has 0 amide bonds. The van der Waals surface area contributed by atoms with Crippen LogP contribution in [-0.2, 0) is 28.6 Å². The lowest BCUT2D eigenvalue weighted by Gasteiger charge is -2.26. The Balaban J connectivity index is 5.31. The third-order valence-corrected chi connectivity index (χ3v) is 4.77. The highest BCUT2D eigenvalue weighted by molar-refractivity contribution is 9.13. The average Bonchev–Trinajstić information content (AvgIpc) is 2.37. The van der Waals surface area contributed by atoms with Gasteiger partial charge in [0.25, 0.3) is 0 Å². The van der Waals surface area contributed by atoms with E-state index in [1.165, 1.54) is 0 Å². The predicted octanol–water partition coefficient (Wildman–Crippen LogP) is 1.57. The first-order chi connectivity index (χ1) is 8.85. The standard InChI is InChI=1S/C11H16Br2O6/c1-4-17-8(14)7(12)11(13,9(15)18-5-2)10(16)19-6-3/h7H,4-6H2,1-3H3. The van der Waals surface area contributed by atoms with Crippen LogP contribution < -0.4 is 0 Å². The molecule has 1 unspecified atom stereocenters. The maximum Gasteiger partial charge on any atom is 0.336 e. The van der Waals surface area contributed by atoms with Gasteiger partial charge in [0.15, 0.2) is 0 Å². The van der Waals surface area contributed by atoms with Crippen LogP contribution in [-0.4, -0.2) is 46.9 Å². The molecule has 0 aliphatic rings. The molecule has 0 aliphatic heterocycles. The number of rotatable bonds is 7. The van der Waals surface area contributed by atoms with Gasteiger partial charge in [-0.05, 0) is 20.8 Å². The van der Waals surface area contributed by atoms with E-state index in [0.717, 1.165) is 0 Å². The number of hydrogen-bond acceptors (Lipinski definition) is 6. The lowest BCUT2D eigenvalue weighted by atomic mass is 10.1. The van der Waals surface area contributed by atoms with Gasteiger partial charge in [0, 0.05) is 0 Å². The molecule has 0 aromatic carbocycles. The minimum absolute atomic E-state index is 0.0636. The van der Waals surface area contributed by atoms with E-state index < -0.39 is 27.1 Å². The monoisotopic (exact) mass is 402 g/mol. The van der Waals surface area contributed by atoms with Crippen molar-refractivity contribution in [2.45, 2.75) is 29.9 Å². The maximum atomic E-state index is 11.9. The largest absolute Gasteiger partial charge is 0.465 e. The Morgan fingerprint density at radius 3 is 1.63 bits per heavy atom. The number of carbonyl (C=O) groups is 3. The van der Waals surface area contributed by atoms with E-state index >= 15 is 0 Å². The number of carbonyl (C=O) groups excluding carboxylic acids is 3. The van der Waals surface area contributed by atoms with Crippen molar-refractivity contribution in [2.24, 2.45) is 0 Å². The Hall–Kier alpha value is -0.630. The van der Waals surface area contributed by atoms with Gasteiger partial charge in [-0.2, -0.15) is 0 Å². The van der Waals surface area contributed by atoms with E-state index in [0.29, 0.717) is 0 Å². The molecule has 0 saturated carbocycles. The molecule has 6 nitrogen and oxygen atoms in total. The second kappa shape index (κ2) is 8.52. The van der Waals surface area contributed by atoms with E-state index in [2.05, 4.69) is 31.9 Å². The van der Waals surface area contributed by atoms with Gasteiger partial charge in [0.2, 0.25) is 4.32 Å². The molecule has 0 aromatic heterocycles. The summed E-state index contributed by atoms with van der Waals surface area (Å²) >= 11 is 5.94. The van der Waals surface area contributed by atoms with Crippen LogP contribution in [0, 0.1) is 0 Å². The summed E-state index contributed by atoms with van der Waals surface area (Å²) in [6.07, 6.45) is 0. The fourth-order valence-corrected chi connectivity index (χ4v) is 2.06. The van der Waals surface area contributed by atoms with E-state index in [4.69, 9.17) is 14.2 Å². The molecule has 8 heteroatoms. The van der Waals surface area contributed by atoms with Gasteiger partial charge in [0.1, 0.15) is 4.83 Å². The van der Waals surface area contributed by atoms with Crippen LogP contribution in [0.25, 0.3) is 0 Å². The SMILES string of the molecule is CCOC(=O)C(Br)C(Br)(C(=O)OCC)C(=O)OCC. The fourth-order valence-electron chi connectivity index (χ4n) is 1.14. The molecule has 0 aromatic rings. The second-order valence-corrected chi connectivity index (χ2v) is 5.43. The van der Waals surface area contributed by atoms with Crippen LogP contribution in [0.15, 0.2) is 0 Å². The van der Waals surface area contributed by atoms with E-state index in [1.54, 1.807) is 20.8 Å². The quantitative estimate of drug-likeness (QED) is 0.278. The van der Waals surface area contributed by atoms with Crippen LogP contribution >= 0.6 is 31.9 Å². The number of alkyl halides is 2. The third-order valence-electron chi connectivity index (χ3n) is 1.99. The zero-order valence-corrected chi connectivity index (χ0v) is 14.1. The van der Waals surface area contributed by atoms with Gasteiger partial charge in [0.05, 0.1) is 19.8 Å². The minimum Gasteiger partial charge on any atom is -0.465 e. The molecular formula is C11H16Br2O6. The zero-order chi connectivity index (χ0) is 15.1. The van der Waals surface area contributed by atoms with Crippen molar-refractivity contribution in [1.82, 2.24) is 0 Å². The minimum atomic E-state index is -1.97. The average molecular weight is 404 g/mol. The third kappa shape index (κ3) is 4.45. The molecular weight excluding hydrogens is 388 g/mol. The summed E-state index contributed by atoms with van der Waals surface area (Å²) in [6.45, 7) is 5.04. The summed E-state index contributed by atoms with van der Waals surface area (Å²) < 4.78 is 12.4. The second-order valence-electron chi connectivity index (χ2n) is 3.27. The smallest absolute Gasteiger partial charge is 0.336 e. The van der Waals surface area contributed by atoms with Gasteiger partial charge in [-0.3, -0.25) is 4.79 Å². The number of esters is 3. The lowest BCUT2D eigenvalue weighted by Crippen LogP contribution is -2.53. The zero-order valence-electron chi connectivity index (χ0n) is 10.9. The van der Waals surface area contributed by atoms with Crippen molar-refractivity contribution in [2.75, 3.05) is 19.8 Å². The summed E-state index contributed by atoms with van der Waals surface area (Å²) in [4.78, 5) is 34.3. The van der Waals surface area contributed by atoms with Gasteiger partial charge in [-0.1, -0.05) is 31.9 Å². The molecule has 0 spiro atoms. The molecule has 0 rings (SSSR count). The van der Waals surface area contributed by atoms with Crippen LogP contribution in [0.2, 0.25) is 0 Å². The van der Waals surface area contributed by atoms with Crippen molar-refractivity contribution in [3.8, 4) is 0 Å². The highest BCUT2D eigenvalue weighted by atomic mass is 79.9. The van der Waals surface area contributed by atoms with Crippen molar-refractivity contribution in [3.63, 3.8) is 0 Å². The first kappa shape index (κ1) is 18.4. The molecule has 0 N–H and O–H groups in total. The summed E-state index contributed by atoms with van der Waals surface area (Å²) in [5, 5.41) is 0. The molecule has 19 heavy (non-hydrogen) atoms. The summed E-state index contributed by atoms with van der Waals surface area (Å²) in [5.74, 6) is -2.59. The van der Waals surface area contributed by atoms with Crippen LogP contribution in [0.5, 0.6) is 0 Å². The normalized spacial score (nSPS) is 12.5. The first-order valence-corrected chi connectivity index (χ1v) is 7.41. The van der Waals surface area contributed by atoms with E-state index in [1.807, 2.05) is 0 Å². The van der Waals surface area contributed by atoms with E-state index in [9.17, 15) is 14.4 Å². The Kier molecular flexibility index (Phi) is 8.24. The molecule has 0 aliphatic carbocycles. The Labute approximate surface area is 128 Å². The molecule has 0 bridgehead atoms. The van der Waals surface area contributed by atoms with Crippen molar-refractivity contribution in [1.29, 1.82) is 0 Å². The molecule has 1 atom stereocenters. The Bertz CT molecular complexity index is 326. The first-order valence-electron chi connectivity index (χ1n) is 5.70. The summed E-state index contributed by atoms with van der Waals surface area (Å²) in [5.41, 5.74) is 0. The molecule has 0 radical (unpaired) electrons. The number of halogens is 2. The van der Waals surface area contributed by atoms with Gasteiger partial charge < -0.3 is 14.2 Å².